The van der Waals surface area contributed by atoms with Crippen molar-refractivity contribution in [3.63, 3.8) is 0 Å². The Morgan fingerprint density at radius 1 is 0.857 bits per heavy atom. The number of amides is 2. The second-order valence-electron chi connectivity index (χ2n) is 5.86. The van der Waals surface area contributed by atoms with E-state index in [2.05, 4.69) is 6.92 Å². The van der Waals surface area contributed by atoms with Gasteiger partial charge in [-0.15, -0.1) is 0 Å². The number of likely N-dealkylation sites (N-methyl/N-ethyl adjacent to an activating group) is 3. The Kier molecular flexibility index (Phi) is 8.85. The normalized spacial score (nSPS) is 10.9. The molecule has 0 aromatic carbocycles. The van der Waals surface area contributed by atoms with Crippen LogP contribution in [0.1, 0.15) is 27.2 Å². The zero-order chi connectivity index (χ0) is 16.6. The maximum absolute atomic E-state index is 12.0. The molecule has 122 valence electrons. The summed E-state index contributed by atoms with van der Waals surface area (Å²) in [5, 5.41) is 0. The molecule has 2 amide bonds. The molecule has 0 saturated carbocycles. The molecule has 0 radical (unpaired) electrons. The predicted octanol–water partition coefficient (Wildman–Crippen LogP) is 0.470. The van der Waals surface area contributed by atoms with Crippen molar-refractivity contribution in [2.45, 2.75) is 27.2 Å². The van der Waals surface area contributed by atoms with Gasteiger partial charge in [0.15, 0.2) is 5.78 Å². The lowest BCUT2D eigenvalue weighted by atomic mass is 10.1. The SMILES string of the molecule is CCCN(C)CC(=O)N(C)CC(=O)N(C)CC(=O)C(C)C. The van der Waals surface area contributed by atoms with Crippen molar-refractivity contribution in [3.05, 3.63) is 0 Å². The van der Waals surface area contributed by atoms with Gasteiger partial charge in [0.25, 0.3) is 0 Å². The van der Waals surface area contributed by atoms with Crippen LogP contribution in [0.5, 0.6) is 0 Å². The van der Waals surface area contributed by atoms with Crippen molar-refractivity contribution in [3.8, 4) is 0 Å². The van der Waals surface area contributed by atoms with Gasteiger partial charge in [-0.1, -0.05) is 20.8 Å². The highest BCUT2D eigenvalue weighted by Crippen LogP contribution is 1.98. The van der Waals surface area contributed by atoms with Gasteiger partial charge in [-0.05, 0) is 20.0 Å². The van der Waals surface area contributed by atoms with Gasteiger partial charge >= 0.3 is 0 Å². The number of hydrogen-bond acceptors (Lipinski definition) is 4. The number of hydrogen-bond donors (Lipinski definition) is 0. The maximum Gasteiger partial charge on any atom is 0.242 e. The van der Waals surface area contributed by atoms with Gasteiger partial charge in [0.2, 0.25) is 11.8 Å². The Morgan fingerprint density at radius 2 is 1.33 bits per heavy atom. The van der Waals surface area contributed by atoms with E-state index in [1.807, 2.05) is 11.9 Å². The molecule has 6 heteroatoms. The zero-order valence-electron chi connectivity index (χ0n) is 14.2. The summed E-state index contributed by atoms with van der Waals surface area (Å²) in [6.07, 6.45) is 0.979. The zero-order valence-corrected chi connectivity index (χ0v) is 14.2. The van der Waals surface area contributed by atoms with E-state index in [9.17, 15) is 14.4 Å². The number of nitrogens with zero attached hydrogens (tertiary/aromatic N) is 3. The van der Waals surface area contributed by atoms with Crippen LogP contribution in [-0.2, 0) is 14.4 Å². The molecule has 0 bridgehead atoms. The summed E-state index contributed by atoms with van der Waals surface area (Å²) in [6, 6.07) is 0. The molecular weight excluding hydrogens is 270 g/mol. The van der Waals surface area contributed by atoms with Crippen LogP contribution in [0, 0.1) is 5.92 Å². The average Bonchev–Trinajstić information content (AvgIpc) is 2.38. The number of carbonyl (C=O) groups is 3. The smallest absolute Gasteiger partial charge is 0.242 e. The number of carbonyl (C=O) groups excluding carboxylic acids is 3. The topological polar surface area (TPSA) is 60.9 Å². The minimum Gasteiger partial charge on any atom is -0.337 e. The third-order valence-electron chi connectivity index (χ3n) is 3.27. The van der Waals surface area contributed by atoms with Crippen LogP contribution in [-0.4, -0.2) is 79.6 Å². The molecule has 0 atom stereocenters. The summed E-state index contributed by atoms with van der Waals surface area (Å²) in [4.78, 5) is 40.3. The summed E-state index contributed by atoms with van der Waals surface area (Å²) in [7, 11) is 5.08. The fraction of sp³-hybridized carbons (Fsp3) is 0.800. The van der Waals surface area contributed by atoms with Gasteiger partial charge in [0.05, 0.1) is 19.6 Å². The number of ketones is 1. The van der Waals surface area contributed by atoms with Crippen molar-refractivity contribution in [2.24, 2.45) is 5.92 Å². The Balaban J connectivity index is 4.30. The van der Waals surface area contributed by atoms with Crippen LogP contribution in [0.3, 0.4) is 0 Å². The summed E-state index contributed by atoms with van der Waals surface area (Å²) < 4.78 is 0. The van der Waals surface area contributed by atoms with E-state index in [1.165, 1.54) is 9.80 Å². The second kappa shape index (κ2) is 9.50. The van der Waals surface area contributed by atoms with Gasteiger partial charge in [0.1, 0.15) is 0 Å². The minimum absolute atomic E-state index is 0.000668. The molecule has 0 unspecified atom stereocenters. The first-order valence-corrected chi connectivity index (χ1v) is 7.38. The first kappa shape index (κ1) is 19.6. The van der Waals surface area contributed by atoms with E-state index in [4.69, 9.17) is 0 Å². The third-order valence-corrected chi connectivity index (χ3v) is 3.27. The van der Waals surface area contributed by atoms with Crippen LogP contribution < -0.4 is 0 Å². The van der Waals surface area contributed by atoms with Crippen molar-refractivity contribution in [1.82, 2.24) is 14.7 Å². The first-order valence-electron chi connectivity index (χ1n) is 7.38. The largest absolute Gasteiger partial charge is 0.337 e. The molecule has 0 aliphatic rings. The Hall–Kier alpha value is -1.43. The lowest BCUT2D eigenvalue weighted by molar-refractivity contribution is -0.140. The van der Waals surface area contributed by atoms with Crippen LogP contribution in [0.4, 0.5) is 0 Å². The second-order valence-corrected chi connectivity index (χ2v) is 5.86. The van der Waals surface area contributed by atoms with Crippen molar-refractivity contribution in [2.75, 3.05) is 47.3 Å². The fourth-order valence-corrected chi connectivity index (χ4v) is 1.73. The summed E-state index contributed by atoms with van der Waals surface area (Å²) in [6.45, 7) is 6.90. The average molecular weight is 299 g/mol. The quantitative estimate of drug-likeness (QED) is 0.621. The van der Waals surface area contributed by atoms with Gasteiger partial charge in [0, 0.05) is 20.0 Å². The molecule has 0 aliphatic carbocycles. The van der Waals surface area contributed by atoms with E-state index in [0.717, 1.165) is 13.0 Å². The molecular formula is C15H29N3O3. The van der Waals surface area contributed by atoms with E-state index < -0.39 is 0 Å². The van der Waals surface area contributed by atoms with E-state index in [-0.39, 0.29) is 36.6 Å². The van der Waals surface area contributed by atoms with Crippen molar-refractivity contribution >= 4 is 17.6 Å². The molecule has 0 fully saturated rings. The summed E-state index contributed by atoms with van der Waals surface area (Å²) >= 11 is 0. The number of Topliss-reactive ketones (excluding diaryl/α,β-unsaturated/α-hetero) is 1. The molecule has 0 aromatic heterocycles. The third kappa shape index (κ3) is 7.80. The number of rotatable bonds is 9. The van der Waals surface area contributed by atoms with Crippen molar-refractivity contribution < 1.29 is 14.4 Å². The molecule has 6 nitrogen and oxygen atoms in total. The summed E-state index contributed by atoms with van der Waals surface area (Å²) in [5.41, 5.74) is 0. The predicted molar refractivity (Wildman–Crippen MR) is 82.9 cm³/mol. The molecule has 0 heterocycles. The monoisotopic (exact) mass is 299 g/mol. The van der Waals surface area contributed by atoms with Crippen LogP contribution in [0.25, 0.3) is 0 Å². The molecule has 21 heavy (non-hydrogen) atoms. The molecule has 0 N–H and O–H groups in total. The minimum atomic E-state index is -0.224. The molecule has 0 saturated heterocycles. The Bertz CT molecular complexity index is 369. The van der Waals surface area contributed by atoms with E-state index in [0.29, 0.717) is 6.54 Å². The van der Waals surface area contributed by atoms with E-state index in [1.54, 1.807) is 27.9 Å². The van der Waals surface area contributed by atoms with Crippen LogP contribution in [0.2, 0.25) is 0 Å². The highest BCUT2D eigenvalue weighted by Gasteiger charge is 2.19. The van der Waals surface area contributed by atoms with Gasteiger partial charge < -0.3 is 9.80 Å². The van der Waals surface area contributed by atoms with Crippen LogP contribution in [0.15, 0.2) is 0 Å². The highest BCUT2D eigenvalue weighted by atomic mass is 16.2. The van der Waals surface area contributed by atoms with Crippen molar-refractivity contribution in [1.29, 1.82) is 0 Å². The lowest BCUT2D eigenvalue weighted by Crippen LogP contribution is -2.44. The lowest BCUT2D eigenvalue weighted by Gasteiger charge is -2.24. The fourth-order valence-electron chi connectivity index (χ4n) is 1.73. The molecule has 0 rings (SSSR count). The van der Waals surface area contributed by atoms with Crippen LogP contribution >= 0.6 is 0 Å². The molecule has 0 aliphatic heterocycles. The first-order chi connectivity index (χ1) is 9.68. The Morgan fingerprint density at radius 3 is 1.81 bits per heavy atom. The highest BCUT2D eigenvalue weighted by molar-refractivity contribution is 5.89. The molecule has 0 aromatic rings. The summed E-state index contributed by atoms with van der Waals surface area (Å²) in [5.74, 6) is -0.398. The van der Waals surface area contributed by atoms with Gasteiger partial charge in [-0.2, -0.15) is 0 Å². The Labute approximate surface area is 128 Å². The van der Waals surface area contributed by atoms with E-state index >= 15 is 0 Å². The standard InChI is InChI=1S/C15H29N3O3/c1-7-8-16(4)10-14(20)18(6)11-15(21)17(5)9-13(19)12(2)3/h12H,7-11H2,1-6H3. The molecule has 0 spiro atoms. The van der Waals surface area contributed by atoms with Gasteiger partial charge in [-0.3, -0.25) is 19.3 Å². The maximum atomic E-state index is 12.0. The van der Waals surface area contributed by atoms with Gasteiger partial charge in [-0.25, -0.2) is 0 Å².